The fourth-order valence-electron chi connectivity index (χ4n) is 2.46. The molecule has 2 aromatic rings. The van der Waals surface area contributed by atoms with Crippen LogP contribution in [0.3, 0.4) is 0 Å². The topological polar surface area (TPSA) is 94.9 Å². The molecule has 1 aromatic carbocycles. The standard InChI is InChI=1S/C14H15BrClNO5/c1-5-11(18)12(19)13(20)14(21-5)22-8-4-17-7-3-2-6(15)10(16)9(7)8/h2-5,11-14,17-20H,1H3/t5-,11+,12-,13-,14-/m1/s1. The second kappa shape index (κ2) is 5.99. The number of benzene rings is 1. The van der Waals surface area contributed by atoms with Gasteiger partial charge in [-0.1, -0.05) is 11.6 Å². The largest absolute Gasteiger partial charge is 0.460 e. The molecule has 0 spiro atoms. The highest BCUT2D eigenvalue weighted by Crippen LogP contribution is 2.38. The number of nitrogens with one attached hydrogen (secondary N) is 1. The average Bonchev–Trinajstić information content (AvgIpc) is 2.90. The number of aliphatic hydroxyl groups excluding tert-OH is 3. The molecule has 0 aliphatic carbocycles. The normalized spacial score (nSPS) is 32.4. The van der Waals surface area contributed by atoms with Crippen molar-refractivity contribution >= 4 is 38.4 Å². The summed E-state index contributed by atoms with van der Waals surface area (Å²) in [4.78, 5) is 3.01. The van der Waals surface area contributed by atoms with Crippen LogP contribution >= 0.6 is 27.5 Å². The maximum atomic E-state index is 10.0. The first-order chi connectivity index (χ1) is 10.4. The van der Waals surface area contributed by atoms with Crippen molar-refractivity contribution in [3.8, 4) is 5.75 Å². The second-order valence-electron chi connectivity index (χ2n) is 5.24. The first kappa shape index (κ1) is 16.0. The van der Waals surface area contributed by atoms with E-state index in [1.54, 1.807) is 19.2 Å². The Morgan fingerprint density at radius 2 is 1.95 bits per heavy atom. The van der Waals surface area contributed by atoms with E-state index in [0.29, 0.717) is 20.6 Å². The van der Waals surface area contributed by atoms with Crippen molar-refractivity contribution in [2.45, 2.75) is 37.6 Å². The number of fused-ring (bicyclic) bond motifs is 1. The van der Waals surface area contributed by atoms with Gasteiger partial charge < -0.3 is 29.8 Å². The Balaban J connectivity index is 1.92. The van der Waals surface area contributed by atoms with Crippen LogP contribution in [0.2, 0.25) is 5.02 Å². The van der Waals surface area contributed by atoms with Gasteiger partial charge in [-0.3, -0.25) is 0 Å². The van der Waals surface area contributed by atoms with E-state index in [-0.39, 0.29) is 0 Å². The number of rotatable bonds is 2. The Bertz CT molecular complexity index is 693. The van der Waals surface area contributed by atoms with E-state index in [0.717, 1.165) is 5.52 Å². The minimum absolute atomic E-state index is 0.390. The zero-order chi connectivity index (χ0) is 16.0. The molecule has 0 radical (unpaired) electrons. The van der Waals surface area contributed by atoms with Crippen LogP contribution in [0.5, 0.6) is 5.75 Å². The Kier molecular flexibility index (Phi) is 4.37. The van der Waals surface area contributed by atoms with Crippen LogP contribution in [-0.4, -0.2) is 51.0 Å². The third-order valence-electron chi connectivity index (χ3n) is 3.75. The molecule has 1 aliphatic rings. The minimum atomic E-state index is -1.37. The van der Waals surface area contributed by atoms with E-state index in [4.69, 9.17) is 21.1 Å². The number of hydrogen-bond acceptors (Lipinski definition) is 5. The van der Waals surface area contributed by atoms with Gasteiger partial charge in [0.2, 0.25) is 6.29 Å². The number of hydrogen-bond donors (Lipinski definition) is 4. The van der Waals surface area contributed by atoms with Crippen LogP contribution in [0.1, 0.15) is 6.92 Å². The van der Waals surface area contributed by atoms with E-state index in [2.05, 4.69) is 20.9 Å². The third kappa shape index (κ3) is 2.62. The number of ether oxygens (including phenoxy) is 2. The Hall–Kier alpha value is -0.830. The fourth-order valence-corrected chi connectivity index (χ4v) is 3.04. The Morgan fingerprint density at radius 3 is 2.68 bits per heavy atom. The molecular weight excluding hydrogens is 378 g/mol. The average molecular weight is 393 g/mol. The van der Waals surface area contributed by atoms with E-state index >= 15 is 0 Å². The minimum Gasteiger partial charge on any atom is -0.460 e. The maximum absolute atomic E-state index is 10.0. The monoisotopic (exact) mass is 391 g/mol. The number of aliphatic hydroxyl groups is 3. The summed E-state index contributed by atoms with van der Waals surface area (Å²) in [7, 11) is 0. The quantitative estimate of drug-likeness (QED) is 0.625. The number of aromatic amines is 1. The van der Waals surface area contributed by atoms with Gasteiger partial charge in [0.15, 0.2) is 0 Å². The summed E-state index contributed by atoms with van der Waals surface area (Å²) in [6.45, 7) is 1.59. The number of halogens is 2. The molecule has 1 aliphatic heterocycles. The van der Waals surface area contributed by atoms with Crippen molar-refractivity contribution < 1.29 is 24.8 Å². The molecule has 2 heterocycles. The molecule has 0 amide bonds. The van der Waals surface area contributed by atoms with Crippen LogP contribution in [0, 0.1) is 0 Å². The number of H-pyrrole nitrogens is 1. The third-order valence-corrected chi connectivity index (χ3v) is 5.03. The first-order valence-electron chi connectivity index (χ1n) is 6.71. The van der Waals surface area contributed by atoms with Crippen molar-refractivity contribution in [1.29, 1.82) is 0 Å². The van der Waals surface area contributed by atoms with Crippen LogP contribution < -0.4 is 4.74 Å². The maximum Gasteiger partial charge on any atom is 0.229 e. The molecule has 4 N–H and O–H groups in total. The van der Waals surface area contributed by atoms with Crippen molar-refractivity contribution in [3.63, 3.8) is 0 Å². The van der Waals surface area contributed by atoms with E-state index in [9.17, 15) is 15.3 Å². The summed E-state index contributed by atoms with van der Waals surface area (Å²) in [6.07, 6.45) is -4.07. The molecule has 8 heteroatoms. The van der Waals surface area contributed by atoms with E-state index in [1.165, 1.54) is 0 Å². The predicted molar refractivity (Wildman–Crippen MR) is 84.0 cm³/mol. The zero-order valence-corrected chi connectivity index (χ0v) is 13.9. The molecule has 120 valence electrons. The summed E-state index contributed by atoms with van der Waals surface area (Å²) < 4.78 is 11.8. The smallest absolute Gasteiger partial charge is 0.229 e. The summed E-state index contributed by atoms with van der Waals surface area (Å²) in [5.74, 6) is 0.390. The molecule has 6 nitrogen and oxygen atoms in total. The molecule has 3 rings (SSSR count). The molecule has 1 fully saturated rings. The van der Waals surface area contributed by atoms with Crippen LogP contribution in [-0.2, 0) is 4.74 Å². The van der Waals surface area contributed by atoms with Gasteiger partial charge in [-0.05, 0) is 35.0 Å². The van der Waals surface area contributed by atoms with Gasteiger partial charge in [0.05, 0.1) is 22.0 Å². The molecule has 5 atom stereocenters. The zero-order valence-electron chi connectivity index (χ0n) is 11.5. The van der Waals surface area contributed by atoms with Crippen LogP contribution in [0.25, 0.3) is 10.9 Å². The lowest BCUT2D eigenvalue weighted by Crippen LogP contribution is -2.58. The lowest BCUT2D eigenvalue weighted by molar-refractivity contribution is -0.267. The molecule has 1 saturated heterocycles. The SMILES string of the molecule is C[C@H]1O[C@H](Oc2c[nH]c3ccc(Br)c(Cl)c23)[C@H](O)[C@H](O)[C@H]1O. The molecule has 0 unspecified atom stereocenters. The highest BCUT2D eigenvalue weighted by molar-refractivity contribution is 9.10. The first-order valence-corrected chi connectivity index (χ1v) is 7.88. The van der Waals surface area contributed by atoms with Gasteiger partial charge >= 0.3 is 0 Å². The summed E-state index contributed by atoms with van der Waals surface area (Å²) in [5, 5.41) is 30.6. The van der Waals surface area contributed by atoms with Gasteiger partial charge in [-0.25, -0.2) is 0 Å². The van der Waals surface area contributed by atoms with Gasteiger partial charge in [0.25, 0.3) is 0 Å². The van der Waals surface area contributed by atoms with Gasteiger partial charge in [-0.2, -0.15) is 0 Å². The highest BCUT2D eigenvalue weighted by Gasteiger charge is 2.43. The van der Waals surface area contributed by atoms with Crippen molar-refractivity contribution in [2.24, 2.45) is 0 Å². The molecule has 0 saturated carbocycles. The highest BCUT2D eigenvalue weighted by atomic mass is 79.9. The van der Waals surface area contributed by atoms with Crippen LogP contribution in [0.15, 0.2) is 22.8 Å². The Morgan fingerprint density at radius 1 is 1.23 bits per heavy atom. The summed E-state index contributed by atoms with van der Waals surface area (Å²) in [5.41, 5.74) is 0.766. The van der Waals surface area contributed by atoms with Gasteiger partial charge in [0, 0.05) is 10.7 Å². The van der Waals surface area contributed by atoms with Crippen molar-refractivity contribution in [1.82, 2.24) is 4.98 Å². The van der Waals surface area contributed by atoms with Gasteiger partial charge in [0.1, 0.15) is 24.1 Å². The van der Waals surface area contributed by atoms with E-state index in [1.807, 2.05) is 6.07 Å². The van der Waals surface area contributed by atoms with Crippen LogP contribution in [0.4, 0.5) is 0 Å². The number of aromatic nitrogens is 1. The molecule has 0 bridgehead atoms. The summed E-state index contributed by atoms with van der Waals surface area (Å²) in [6, 6.07) is 3.64. The molecular formula is C14H15BrClNO5. The molecule has 1 aromatic heterocycles. The van der Waals surface area contributed by atoms with Gasteiger partial charge in [-0.15, -0.1) is 0 Å². The molecule has 22 heavy (non-hydrogen) atoms. The van der Waals surface area contributed by atoms with E-state index < -0.39 is 30.7 Å². The fraction of sp³-hybridized carbons (Fsp3) is 0.429. The van der Waals surface area contributed by atoms with Crippen molar-refractivity contribution in [2.75, 3.05) is 0 Å². The van der Waals surface area contributed by atoms with Crippen molar-refractivity contribution in [3.05, 3.63) is 27.8 Å². The lowest BCUT2D eigenvalue weighted by Gasteiger charge is -2.38. The lowest BCUT2D eigenvalue weighted by atomic mass is 10.00. The Labute approximate surface area is 139 Å². The predicted octanol–water partition coefficient (Wildman–Crippen LogP) is 1.79. The second-order valence-corrected chi connectivity index (χ2v) is 6.47. The summed E-state index contributed by atoms with van der Waals surface area (Å²) >= 11 is 9.61.